The van der Waals surface area contributed by atoms with Crippen LogP contribution in [0.25, 0.3) is 5.65 Å². The second-order valence-electron chi connectivity index (χ2n) is 3.11. The van der Waals surface area contributed by atoms with Crippen molar-refractivity contribution in [2.75, 3.05) is 7.11 Å². The van der Waals surface area contributed by atoms with Crippen LogP contribution in [0.5, 0.6) is 5.88 Å². The molecule has 5 nitrogen and oxygen atoms in total. The summed E-state index contributed by atoms with van der Waals surface area (Å²) in [5.41, 5.74) is 7.47. The topological polar surface area (TPSA) is 65.4 Å². The first-order valence-electron chi connectivity index (χ1n) is 4.35. The molecule has 1 atom stereocenters. The van der Waals surface area contributed by atoms with E-state index in [9.17, 15) is 0 Å². The van der Waals surface area contributed by atoms with Crippen molar-refractivity contribution >= 4 is 5.65 Å². The monoisotopic (exact) mass is 192 g/mol. The minimum atomic E-state index is -0.0821. The summed E-state index contributed by atoms with van der Waals surface area (Å²) in [7, 11) is 1.60. The second-order valence-corrected chi connectivity index (χ2v) is 3.11. The van der Waals surface area contributed by atoms with Crippen LogP contribution in [0.2, 0.25) is 0 Å². The van der Waals surface area contributed by atoms with Crippen LogP contribution in [0.15, 0.2) is 18.6 Å². The fraction of sp³-hybridized carbons (Fsp3) is 0.333. The van der Waals surface area contributed by atoms with Gasteiger partial charge >= 0.3 is 0 Å². The fourth-order valence-corrected chi connectivity index (χ4v) is 1.40. The Kier molecular flexibility index (Phi) is 2.09. The molecule has 2 aromatic rings. The van der Waals surface area contributed by atoms with Crippen LogP contribution in [-0.4, -0.2) is 21.5 Å². The van der Waals surface area contributed by atoms with Gasteiger partial charge in [-0.25, -0.2) is 4.98 Å². The summed E-state index contributed by atoms with van der Waals surface area (Å²) < 4.78 is 7.04. The molecule has 2 N–H and O–H groups in total. The number of ether oxygens (including phenoxy) is 1. The lowest BCUT2D eigenvalue weighted by Gasteiger charge is -2.08. The molecule has 5 heteroatoms. The molecule has 0 saturated carbocycles. The van der Waals surface area contributed by atoms with Gasteiger partial charge < -0.3 is 10.5 Å². The highest BCUT2D eigenvalue weighted by Crippen LogP contribution is 2.18. The molecule has 0 spiro atoms. The molecule has 0 bridgehead atoms. The molecule has 0 saturated heterocycles. The van der Waals surface area contributed by atoms with Gasteiger partial charge in [-0.1, -0.05) is 0 Å². The van der Waals surface area contributed by atoms with Crippen LogP contribution in [0.1, 0.15) is 18.7 Å². The van der Waals surface area contributed by atoms with Crippen molar-refractivity contribution in [3.05, 3.63) is 24.3 Å². The Morgan fingerprint density at radius 2 is 2.21 bits per heavy atom. The van der Waals surface area contributed by atoms with E-state index >= 15 is 0 Å². The van der Waals surface area contributed by atoms with E-state index in [-0.39, 0.29) is 6.04 Å². The summed E-state index contributed by atoms with van der Waals surface area (Å²) in [6.07, 6.45) is 5.05. The van der Waals surface area contributed by atoms with E-state index in [4.69, 9.17) is 10.5 Å². The van der Waals surface area contributed by atoms with Crippen LogP contribution in [0, 0.1) is 0 Å². The summed E-state index contributed by atoms with van der Waals surface area (Å²) in [6, 6.07) is -0.0821. The van der Waals surface area contributed by atoms with Crippen molar-refractivity contribution in [3.8, 4) is 5.88 Å². The predicted octanol–water partition coefficient (Wildman–Crippen LogP) is 0.758. The maximum atomic E-state index is 5.81. The molecular formula is C9H12N4O. The van der Waals surface area contributed by atoms with Crippen LogP contribution in [0.4, 0.5) is 0 Å². The van der Waals surface area contributed by atoms with E-state index in [1.54, 1.807) is 25.7 Å². The minimum Gasteiger partial charge on any atom is -0.481 e. The molecule has 74 valence electrons. The smallest absolute Gasteiger partial charge is 0.218 e. The van der Waals surface area contributed by atoms with Crippen molar-refractivity contribution in [1.29, 1.82) is 0 Å². The molecule has 0 aromatic carbocycles. The second kappa shape index (κ2) is 3.26. The Hall–Kier alpha value is -1.62. The minimum absolute atomic E-state index is 0.0821. The van der Waals surface area contributed by atoms with Gasteiger partial charge in [0.15, 0.2) is 5.65 Å². The number of aromatic nitrogens is 3. The van der Waals surface area contributed by atoms with Crippen molar-refractivity contribution in [1.82, 2.24) is 14.4 Å². The van der Waals surface area contributed by atoms with E-state index in [1.807, 2.05) is 11.3 Å². The predicted molar refractivity (Wildman–Crippen MR) is 52.1 cm³/mol. The number of imidazole rings is 1. The van der Waals surface area contributed by atoms with Crippen molar-refractivity contribution in [2.24, 2.45) is 5.73 Å². The van der Waals surface area contributed by atoms with Crippen molar-refractivity contribution in [3.63, 3.8) is 0 Å². The molecule has 0 aliphatic heterocycles. The van der Waals surface area contributed by atoms with Crippen LogP contribution < -0.4 is 10.5 Å². The van der Waals surface area contributed by atoms with E-state index in [2.05, 4.69) is 9.97 Å². The van der Waals surface area contributed by atoms with Crippen LogP contribution in [-0.2, 0) is 0 Å². The zero-order chi connectivity index (χ0) is 10.1. The van der Waals surface area contributed by atoms with Crippen molar-refractivity contribution in [2.45, 2.75) is 13.0 Å². The molecule has 0 fully saturated rings. The average molecular weight is 192 g/mol. The largest absolute Gasteiger partial charge is 0.481 e. The third kappa shape index (κ3) is 1.22. The number of fused-ring (bicyclic) bond motifs is 1. The lowest BCUT2D eigenvalue weighted by molar-refractivity contribution is 0.387. The van der Waals surface area contributed by atoms with Crippen LogP contribution >= 0.6 is 0 Å². The van der Waals surface area contributed by atoms with Gasteiger partial charge in [0, 0.05) is 6.04 Å². The zero-order valence-electron chi connectivity index (χ0n) is 8.14. The molecule has 0 aliphatic rings. The maximum Gasteiger partial charge on any atom is 0.218 e. The highest BCUT2D eigenvalue weighted by Gasteiger charge is 2.10. The Morgan fingerprint density at radius 3 is 2.86 bits per heavy atom. The average Bonchev–Trinajstić information content (AvgIpc) is 2.60. The lowest BCUT2D eigenvalue weighted by Crippen LogP contribution is -2.09. The number of nitrogens with zero attached hydrogens (tertiary/aromatic N) is 3. The normalized spacial score (nSPS) is 13.1. The molecule has 0 radical (unpaired) electrons. The Balaban J connectivity index is 2.74. The maximum absolute atomic E-state index is 5.81. The number of methoxy groups -OCH3 is 1. The van der Waals surface area contributed by atoms with Gasteiger partial charge in [-0.3, -0.25) is 9.38 Å². The highest BCUT2D eigenvalue weighted by atomic mass is 16.5. The number of hydrogen-bond acceptors (Lipinski definition) is 4. The third-order valence-electron chi connectivity index (χ3n) is 2.09. The van der Waals surface area contributed by atoms with E-state index in [0.29, 0.717) is 5.88 Å². The van der Waals surface area contributed by atoms with Gasteiger partial charge in [0.25, 0.3) is 0 Å². The molecule has 14 heavy (non-hydrogen) atoms. The Morgan fingerprint density at radius 1 is 1.43 bits per heavy atom. The molecular weight excluding hydrogens is 180 g/mol. The van der Waals surface area contributed by atoms with Gasteiger partial charge in [0.05, 0.1) is 31.4 Å². The molecule has 0 amide bonds. The molecule has 2 heterocycles. The van der Waals surface area contributed by atoms with Gasteiger partial charge in [-0.05, 0) is 6.92 Å². The lowest BCUT2D eigenvalue weighted by atomic mass is 10.3. The summed E-state index contributed by atoms with van der Waals surface area (Å²) >= 11 is 0. The SMILES string of the molecule is COc1cncc2ncc(C(C)N)n12. The van der Waals surface area contributed by atoms with Gasteiger partial charge in [-0.15, -0.1) is 0 Å². The molecule has 2 rings (SSSR count). The Labute approximate surface area is 81.5 Å². The third-order valence-corrected chi connectivity index (χ3v) is 2.09. The highest BCUT2D eigenvalue weighted by molar-refractivity contribution is 5.41. The van der Waals surface area contributed by atoms with E-state index in [0.717, 1.165) is 11.3 Å². The first kappa shape index (κ1) is 8.96. The summed E-state index contributed by atoms with van der Waals surface area (Å²) in [4.78, 5) is 8.20. The van der Waals surface area contributed by atoms with Crippen LogP contribution in [0.3, 0.4) is 0 Å². The first-order chi connectivity index (χ1) is 6.74. The molecule has 2 aromatic heterocycles. The van der Waals surface area contributed by atoms with Gasteiger partial charge in [0.2, 0.25) is 5.88 Å². The van der Waals surface area contributed by atoms with Gasteiger partial charge in [0.1, 0.15) is 0 Å². The fourth-order valence-electron chi connectivity index (χ4n) is 1.40. The summed E-state index contributed by atoms with van der Waals surface area (Å²) in [5.74, 6) is 0.646. The van der Waals surface area contributed by atoms with E-state index in [1.165, 1.54) is 0 Å². The zero-order valence-corrected chi connectivity index (χ0v) is 8.14. The number of rotatable bonds is 2. The Bertz CT molecular complexity index is 449. The molecule has 0 aliphatic carbocycles. The number of hydrogen-bond donors (Lipinski definition) is 1. The summed E-state index contributed by atoms with van der Waals surface area (Å²) in [5, 5.41) is 0. The van der Waals surface area contributed by atoms with E-state index < -0.39 is 0 Å². The summed E-state index contributed by atoms with van der Waals surface area (Å²) in [6.45, 7) is 1.91. The number of nitrogens with two attached hydrogens (primary N) is 1. The molecule has 1 unspecified atom stereocenters. The standard InChI is InChI=1S/C9H12N4O/c1-6(10)7-3-12-8-4-11-5-9(14-2)13(7)8/h3-6H,10H2,1-2H3. The van der Waals surface area contributed by atoms with Gasteiger partial charge in [-0.2, -0.15) is 0 Å². The van der Waals surface area contributed by atoms with Crippen molar-refractivity contribution < 1.29 is 4.74 Å². The first-order valence-corrected chi connectivity index (χ1v) is 4.35. The quantitative estimate of drug-likeness (QED) is 0.762.